The van der Waals surface area contributed by atoms with E-state index in [1.807, 2.05) is 32.0 Å². The molecule has 0 unspecified atom stereocenters. The second-order valence-electron chi connectivity index (χ2n) is 4.32. The average molecular weight is 240 g/mol. The van der Waals surface area contributed by atoms with Crippen molar-refractivity contribution in [2.24, 2.45) is 0 Å². The van der Waals surface area contributed by atoms with Gasteiger partial charge in [0.15, 0.2) is 0 Å². The summed E-state index contributed by atoms with van der Waals surface area (Å²) < 4.78 is 7.15. The van der Waals surface area contributed by atoms with E-state index in [-0.39, 0.29) is 5.60 Å². The molecule has 0 aliphatic heterocycles. The minimum absolute atomic E-state index is 0.292. The summed E-state index contributed by atoms with van der Waals surface area (Å²) >= 11 is 6.13. The van der Waals surface area contributed by atoms with Crippen molar-refractivity contribution in [3.05, 3.63) is 23.2 Å². The second-order valence-corrected chi connectivity index (χ2v) is 4.73. The minimum atomic E-state index is -0.292. The Morgan fingerprint density at radius 2 is 2.19 bits per heavy atom. The SMILES string of the molecule is COC(C)(C)Cn1nnc2cccc(Cl)c21. The first-order valence-electron chi connectivity index (χ1n) is 5.06. The summed E-state index contributed by atoms with van der Waals surface area (Å²) in [6, 6.07) is 5.60. The van der Waals surface area contributed by atoms with E-state index in [4.69, 9.17) is 16.3 Å². The summed E-state index contributed by atoms with van der Waals surface area (Å²) in [6.45, 7) is 4.61. The number of para-hydroxylation sites is 1. The monoisotopic (exact) mass is 239 g/mol. The van der Waals surface area contributed by atoms with Gasteiger partial charge in [0, 0.05) is 7.11 Å². The summed E-state index contributed by atoms with van der Waals surface area (Å²) in [5.74, 6) is 0. The molecule has 2 rings (SSSR count). The van der Waals surface area contributed by atoms with Gasteiger partial charge in [-0.2, -0.15) is 0 Å². The summed E-state index contributed by atoms with van der Waals surface area (Å²) in [4.78, 5) is 0. The first kappa shape index (κ1) is 11.4. The van der Waals surface area contributed by atoms with Crippen molar-refractivity contribution in [3.63, 3.8) is 0 Å². The number of rotatable bonds is 3. The van der Waals surface area contributed by atoms with Crippen molar-refractivity contribution in [1.82, 2.24) is 15.0 Å². The Balaban J connectivity index is 2.46. The van der Waals surface area contributed by atoms with Crippen molar-refractivity contribution < 1.29 is 4.74 Å². The number of methoxy groups -OCH3 is 1. The van der Waals surface area contributed by atoms with E-state index in [0.29, 0.717) is 11.6 Å². The van der Waals surface area contributed by atoms with Crippen LogP contribution in [0.3, 0.4) is 0 Å². The standard InChI is InChI=1S/C11H14ClN3O/c1-11(2,16-3)7-15-10-8(12)5-4-6-9(10)13-14-15/h4-6H,7H2,1-3H3. The van der Waals surface area contributed by atoms with Crippen molar-refractivity contribution in [1.29, 1.82) is 0 Å². The van der Waals surface area contributed by atoms with Crippen molar-refractivity contribution >= 4 is 22.6 Å². The fourth-order valence-corrected chi connectivity index (χ4v) is 1.79. The van der Waals surface area contributed by atoms with Gasteiger partial charge < -0.3 is 4.74 Å². The van der Waals surface area contributed by atoms with Gasteiger partial charge in [-0.3, -0.25) is 0 Å². The van der Waals surface area contributed by atoms with Crippen molar-refractivity contribution in [2.75, 3.05) is 7.11 Å². The molecule has 0 spiro atoms. The lowest BCUT2D eigenvalue weighted by Gasteiger charge is -2.22. The highest BCUT2D eigenvalue weighted by Gasteiger charge is 2.20. The molecule has 0 saturated carbocycles. The third kappa shape index (κ3) is 2.03. The predicted octanol–water partition coefficient (Wildman–Crippen LogP) is 2.51. The van der Waals surface area contributed by atoms with Gasteiger partial charge in [0.1, 0.15) is 11.0 Å². The number of hydrogen-bond acceptors (Lipinski definition) is 3. The number of benzene rings is 1. The van der Waals surface area contributed by atoms with Crippen LogP contribution in [0.5, 0.6) is 0 Å². The molecular formula is C11H14ClN3O. The maximum atomic E-state index is 6.13. The van der Waals surface area contributed by atoms with Crippen LogP contribution in [0.25, 0.3) is 11.0 Å². The predicted molar refractivity (Wildman–Crippen MR) is 63.6 cm³/mol. The topological polar surface area (TPSA) is 39.9 Å². The Bertz CT molecular complexity index is 507. The fourth-order valence-electron chi connectivity index (χ4n) is 1.52. The highest BCUT2D eigenvalue weighted by molar-refractivity contribution is 6.34. The van der Waals surface area contributed by atoms with Crippen LogP contribution in [0.1, 0.15) is 13.8 Å². The number of fused-ring (bicyclic) bond motifs is 1. The molecule has 0 aliphatic carbocycles. The molecule has 0 radical (unpaired) electrons. The normalized spacial score (nSPS) is 12.2. The third-order valence-corrected chi connectivity index (χ3v) is 2.87. The maximum Gasteiger partial charge on any atom is 0.114 e. The average Bonchev–Trinajstić information content (AvgIpc) is 2.62. The van der Waals surface area contributed by atoms with E-state index in [9.17, 15) is 0 Å². The molecule has 0 fully saturated rings. The van der Waals surface area contributed by atoms with E-state index in [2.05, 4.69) is 10.3 Å². The van der Waals surface area contributed by atoms with Gasteiger partial charge in [-0.1, -0.05) is 22.9 Å². The molecule has 0 amide bonds. The summed E-state index contributed by atoms with van der Waals surface area (Å²) in [5.41, 5.74) is 1.37. The quantitative estimate of drug-likeness (QED) is 0.826. The molecule has 1 heterocycles. The molecule has 0 N–H and O–H groups in total. The minimum Gasteiger partial charge on any atom is -0.377 e. The molecule has 2 aromatic rings. The van der Waals surface area contributed by atoms with E-state index >= 15 is 0 Å². The Labute approximate surface area is 99.1 Å². The Kier molecular flexibility index (Phi) is 2.86. The van der Waals surface area contributed by atoms with Crippen molar-refractivity contribution in [2.45, 2.75) is 26.0 Å². The van der Waals surface area contributed by atoms with Gasteiger partial charge in [0.05, 0.1) is 17.2 Å². The smallest absolute Gasteiger partial charge is 0.114 e. The summed E-state index contributed by atoms with van der Waals surface area (Å²) in [7, 11) is 1.68. The lowest BCUT2D eigenvalue weighted by Crippen LogP contribution is -2.29. The number of nitrogens with zero attached hydrogens (tertiary/aromatic N) is 3. The summed E-state index contributed by atoms with van der Waals surface area (Å²) in [6.07, 6.45) is 0. The Morgan fingerprint density at radius 3 is 2.88 bits per heavy atom. The first-order chi connectivity index (χ1) is 7.53. The molecule has 86 valence electrons. The molecule has 0 aliphatic rings. The van der Waals surface area contributed by atoms with Gasteiger partial charge >= 0.3 is 0 Å². The zero-order chi connectivity index (χ0) is 11.8. The van der Waals surface area contributed by atoms with Crippen molar-refractivity contribution in [3.8, 4) is 0 Å². The van der Waals surface area contributed by atoms with Gasteiger partial charge in [-0.25, -0.2) is 4.68 Å². The molecule has 4 nitrogen and oxygen atoms in total. The Hall–Kier alpha value is -1.13. The molecular weight excluding hydrogens is 226 g/mol. The Morgan fingerprint density at radius 1 is 1.44 bits per heavy atom. The van der Waals surface area contributed by atoms with Gasteiger partial charge in [-0.05, 0) is 26.0 Å². The van der Waals surface area contributed by atoms with Crippen LogP contribution >= 0.6 is 11.6 Å². The summed E-state index contributed by atoms with van der Waals surface area (Å²) in [5, 5.41) is 8.82. The van der Waals surface area contributed by atoms with E-state index in [1.54, 1.807) is 11.8 Å². The number of halogens is 1. The van der Waals surface area contributed by atoms with Crippen LogP contribution < -0.4 is 0 Å². The zero-order valence-electron chi connectivity index (χ0n) is 9.57. The van der Waals surface area contributed by atoms with Crippen LogP contribution in [-0.4, -0.2) is 27.7 Å². The number of aromatic nitrogens is 3. The van der Waals surface area contributed by atoms with Crippen LogP contribution in [0.2, 0.25) is 5.02 Å². The molecule has 16 heavy (non-hydrogen) atoms. The van der Waals surface area contributed by atoms with Gasteiger partial charge in [-0.15, -0.1) is 5.10 Å². The molecule has 1 aromatic carbocycles. The third-order valence-electron chi connectivity index (χ3n) is 2.57. The van der Waals surface area contributed by atoms with E-state index < -0.39 is 0 Å². The maximum absolute atomic E-state index is 6.13. The van der Waals surface area contributed by atoms with Crippen LogP contribution in [0.15, 0.2) is 18.2 Å². The lowest BCUT2D eigenvalue weighted by atomic mass is 10.1. The van der Waals surface area contributed by atoms with Crippen LogP contribution in [-0.2, 0) is 11.3 Å². The zero-order valence-corrected chi connectivity index (χ0v) is 10.3. The number of hydrogen-bond donors (Lipinski definition) is 0. The highest BCUT2D eigenvalue weighted by Crippen LogP contribution is 2.23. The molecule has 0 atom stereocenters. The molecule has 0 saturated heterocycles. The largest absolute Gasteiger partial charge is 0.377 e. The lowest BCUT2D eigenvalue weighted by molar-refractivity contribution is 0.00602. The van der Waals surface area contributed by atoms with Gasteiger partial charge in [0.2, 0.25) is 0 Å². The fraction of sp³-hybridized carbons (Fsp3) is 0.455. The van der Waals surface area contributed by atoms with Gasteiger partial charge in [0.25, 0.3) is 0 Å². The molecule has 1 aromatic heterocycles. The highest BCUT2D eigenvalue weighted by atomic mass is 35.5. The molecule has 5 heteroatoms. The van der Waals surface area contributed by atoms with E-state index in [0.717, 1.165) is 11.0 Å². The molecule has 0 bridgehead atoms. The van der Waals surface area contributed by atoms with E-state index in [1.165, 1.54) is 0 Å². The first-order valence-corrected chi connectivity index (χ1v) is 5.44. The second kappa shape index (κ2) is 4.03. The van der Waals surface area contributed by atoms with Crippen LogP contribution in [0.4, 0.5) is 0 Å². The van der Waals surface area contributed by atoms with Crippen LogP contribution in [0, 0.1) is 0 Å². The number of ether oxygens (including phenoxy) is 1.